The van der Waals surface area contributed by atoms with Crippen LogP contribution in [0.3, 0.4) is 0 Å². The van der Waals surface area contributed by atoms with Crippen molar-refractivity contribution in [3.63, 3.8) is 0 Å². The highest BCUT2D eigenvalue weighted by Crippen LogP contribution is 2.07. The first kappa shape index (κ1) is 10.1. The minimum Gasteiger partial charge on any atom is -0.368 e. The molecule has 72 valence electrons. The average Bonchev–Trinajstić information content (AvgIpc) is 2.16. The molecule has 1 aromatic heterocycles. The van der Waals surface area contributed by atoms with Crippen molar-refractivity contribution in [3.05, 3.63) is 24.4 Å². The minimum absolute atomic E-state index is 0.275. The van der Waals surface area contributed by atoms with E-state index < -0.39 is 16.9 Å². The van der Waals surface area contributed by atoms with Gasteiger partial charge in [0.1, 0.15) is 0 Å². The lowest BCUT2D eigenvalue weighted by molar-refractivity contribution is -0.249. The molecule has 0 saturated carbocycles. The van der Waals surface area contributed by atoms with Crippen LogP contribution in [0.5, 0.6) is 0 Å². The SMILES string of the molecule is O=S(=O)(OOCO)c1ccccn1. The third kappa shape index (κ3) is 2.74. The Morgan fingerprint density at radius 3 is 2.77 bits per heavy atom. The first-order valence-electron chi connectivity index (χ1n) is 3.25. The van der Waals surface area contributed by atoms with Gasteiger partial charge in [-0.1, -0.05) is 10.4 Å². The molecule has 0 bridgehead atoms. The molecule has 0 aromatic carbocycles. The summed E-state index contributed by atoms with van der Waals surface area (Å²) in [5, 5.41) is 7.87. The number of rotatable bonds is 4. The van der Waals surface area contributed by atoms with Crippen molar-refractivity contribution in [2.75, 3.05) is 6.79 Å². The first-order chi connectivity index (χ1) is 6.17. The third-order valence-electron chi connectivity index (χ3n) is 1.08. The summed E-state index contributed by atoms with van der Waals surface area (Å²) in [4.78, 5) is 7.41. The Hall–Kier alpha value is -1.02. The standard InChI is InChI=1S/C6H7NO5S/c8-5-11-12-13(9,10)6-3-1-2-4-7-6/h1-4,8H,5H2. The Balaban J connectivity index is 2.83. The zero-order valence-electron chi connectivity index (χ0n) is 6.45. The highest BCUT2D eigenvalue weighted by atomic mass is 32.2. The van der Waals surface area contributed by atoms with Crippen LogP contribution in [0, 0.1) is 0 Å². The van der Waals surface area contributed by atoms with Gasteiger partial charge in [0.2, 0.25) is 0 Å². The zero-order chi connectivity index (χ0) is 9.73. The lowest BCUT2D eigenvalue weighted by Gasteiger charge is -2.00. The maximum Gasteiger partial charge on any atom is 0.340 e. The topological polar surface area (TPSA) is 85.7 Å². The van der Waals surface area contributed by atoms with E-state index in [0.29, 0.717) is 0 Å². The van der Waals surface area contributed by atoms with Gasteiger partial charge in [-0.05, 0) is 12.1 Å². The van der Waals surface area contributed by atoms with Crippen LogP contribution in [0.4, 0.5) is 0 Å². The first-order valence-corrected chi connectivity index (χ1v) is 4.65. The lowest BCUT2D eigenvalue weighted by atomic mass is 10.5. The van der Waals surface area contributed by atoms with Crippen LogP contribution < -0.4 is 0 Å². The van der Waals surface area contributed by atoms with Crippen LogP contribution in [0.25, 0.3) is 0 Å². The molecule has 7 heteroatoms. The zero-order valence-corrected chi connectivity index (χ0v) is 7.27. The summed E-state index contributed by atoms with van der Waals surface area (Å²) in [7, 11) is -4.02. The molecule has 1 aromatic rings. The van der Waals surface area contributed by atoms with Crippen molar-refractivity contribution >= 4 is 10.1 Å². The van der Waals surface area contributed by atoms with Crippen LogP contribution in [-0.4, -0.2) is 25.3 Å². The Bertz CT molecular complexity index is 349. The van der Waals surface area contributed by atoms with Gasteiger partial charge >= 0.3 is 10.1 Å². The quantitative estimate of drug-likeness (QED) is 0.411. The number of aromatic nitrogens is 1. The molecule has 0 radical (unpaired) electrons. The molecule has 6 nitrogen and oxygen atoms in total. The molecule has 0 saturated heterocycles. The Morgan fingerprint density at radius 2 is 2.23 bits per heavy atom. The van der Waals surface area contributed by atoms with Gasteiger partial charge in [-0.15, -0.1) is 0 Å². The molecule has 0 unspecified atom stereocenters. The van der Waals surface area contributed by atoms with Crippen molar-refractivity contribution in [3.8, 4) is 0 Å². The second kappa shape index (κ2) is 4.28. The van der Waals surface area contributed by atoms with Gasteiger partial charge in [0.25, 0.3) is 0 Å². The van der Waals surface area contributed by atoms with Crippen LogP contribution >= 0.6 is 0 Å². The second-order valence-corrected chi connectivity index (χ2v) is 3.40. The fourth-order valence-electron chi connectivity index (χ4n) is 0.615. The van der Waals surface area contributed by atoms with Crippen LogP contribution in [-0.2, 0) is 19.3 Å². The summed E-state index contributed by atoms with van der Waals surface area (Å²) in [5.74, 6) is 0. The molecule has 1 heterocycles. The summed E-state index contributed by atoms with van der Waals surface area (Å²) in [6.07, 6.45) is 1.30. The number of hydrogen-bond acceptors (Lipinski definition) is 6. The molecule has 0 fully saturated rings. The highest BCUT2D eigenvalue weighted by Gasteiger charge is 2.16. The molecule has 1 N–H and O–H groups in total. The number of aliphatic hydroxyl groups excluding tert-OH is 1. The summed E-state index contributed by atoms with van der Waals surface area (Å²) in [6.45, 7) is -0.841. The predicted molar refractivity (Wildman–Crippen MR) is 40.7 cm³/mol. The molecular formula is C6H7NO5S. The second-order valence-electron chi connectivity index (χ2n) is 1.94. The monoisotopic (exact) mass is 205 g/mol. The van der Waals surface area contributed by atoms with E-state index in [-0.39, 0.29) is 5.03 Å². The Kier molecular flexibility index (Phi) is 3.32. The van der Waals surface area contributed by atoms with Gasteiger partial charge in [0.05, 0.1) is 0 Å². The number of nitrogens with zero attached hydrogens (tertiary/aromatic N) is 1. The summed E-state index contributed by atoms with van der Waals surface area (Å²) in [6, 6.07) is 4.30. The Morgan fingerprint density at radius 1 is 1.46 bits per heavy atom. The largest absolute Gasteiger partial charge is 0.368 e. The molecule has 0 aliphatic rings. The van der Waals surface area contributed by atoms with Crippen molar-refractivity contribution in [2.45, 2.75) is 5.03 Å². The fourth-order valence-corrected chi connectivity index (χ4v) is 1.29. The lowest BCUT2D eigenvalue weighted by Crippen LogP contribution is -2.09. The van der Waals surface area contributed by atoms with E-state index in [1.165, 1.54) is 18.3 Å². The van der Waals surface area contributed by atoms with Crippen LogP contribution in [0.15, 0.2) is 29.4 Å². The van der Waals surface area contributed by atoms with Gasteiger partial charge in [-0.2, -0.15) is 13.3 Å². The van der Waals surface area contributed by atoms with E-state index >= 15 is 0 Å². The summed E-state index contributed by atoms with van der Waals surface area (Å²) < 4.78 is 26.1. The molecule has 0 atom stereocenters. The maximum atomic E-state index is 11.1. The Labute approximate surface area is 74.8 Å². The molecule has 0 aliphatic carbocycles. The van der Waals surface area contributed by atoms with Gasteiger partial charge in [-0.3, -0.25) is 0 Å². The maximum absolute atomic E-state index is 11.1. The number of aliphatic hydroxyl groups is 1. The predicted octanol–water partition coefficient (Wildman–Crippen LogP) is -0.332. The van der Waals surface area contributed by atoms with E-state index in [2.05, 4.69) is 14.2 Å². The third-order valence-corrected chi connectivity index (χ3v) is 2.11. The van der Waals surface area contributed by atoms with Gasteiger partial charge in [0, 0.05) is 6.20 Å². The molecular weight excluding hydrogens is 198 g/mol. The van der Waals surface area contributed by atoms with Crippen LogP contribution in [0.2, 0.25) is 0 Å². The van der Waals surface area contributed by atoms with E-state index in [1.807, 2.05) is 0 Å². The molecule has 1 rings (SSSR count). The summed E-state index contributed by atoms with van der Waals surface area (Å²) in [5.41, 5.74) is 0. The van der Waals surface area contributed by atoms with Gasteiger partial charge < -0.3 is 5.11 Å². The highest BCUT2D eigenvalue weighted by molar-refractivity contribution is 7.86. The molecule has 0 spiro atoms. The normalized spacial score (nSPS) is 11.5. The number of hydrogen-bond donors (Lipinski definition) is 1. The van der Waals surface area contributed by atoms with E-state index in [4.69, 9.17) is 5.11 Å². The van der Waals surface area contributed by atoms with E-state index in [0.717, 1.165) is 0 Å². The van der Waals surface area contributed by atoms with Crippen molar-refractivity contribution in [2.24, 2.45) is 0 Å². The molecule has 0 aliphatic heterocycles. The van der Waals surface area contributed by atoms with Gasteiger partial charge in [-0.25, -0.2) is 4.98 Å². The van der Waals surface area contributed by atoms with Crippen molar-refractivity contribution in [1.82, 2.24) is 4.98 Å². The van der Waals surface area contributed by atoms with Crippen molar-refractivity contribution in [1.29, 1.82) is 0 Å². The smallest absolute Gasteiger partial charge is 0.340 e. The van der Waals surface area contributed by atoms with Crippen molar-refractivity contribution < 1.29 is 22.7 Å². The van der Waals surface area contributed by atoms with Gasteiger partial charge in [0.15, 0.2) is 11.8 Å². The van der Waals surface area contributed by atoms with Crippen LogP contribution in [0.1, 0.15) is 0 Å². The summed E-state index contributed by atoms with van der Waals surface area (Å²) >= 11 is 0. The fraction of sp³-hybridized carbons (Fsp3) is 0.167. The average molecular weight is 205 g/mol. The van der Waals surface area contributed by atoms with E-state index in [9.17, 15) is 8.42 Å². The molecule has 0 amide bonds. The number of pyridine rings is 1. The molecule has 13 heavy (non-hydrogen) atoms. The van der Waals surface area contributed by atoms with E-state index in [1.54, 1.807) is 6.07 Å². The minimum atomic E-state index is -4.02.